The SMILES string of the molecule is CC/C=C\C/C=C\C/C=C\C/C=C\C/C=C\CCCCCCCCCCCCCCCCCC(=O)OC(COC(=O)CCCCCCCCCCC)COP(=O)(O)OCCN. The summed E-state index contributed by atoms with van der Waals surface area (Å²) in [4.78, 5) is 34.8. The van der Waals surface area contributed by atoms with Crippen LogP contribution < -0.4 is 5.73 Å². The Morgan fingerprint density at radius 3 is 1.34 bits per heavy atom. The maximum absolute atomic E-state index is 12.6. The van der Waals surface area contributed by atoms with E-state index < -0.39 is 26.5 Å². The Hall–Kier alpha value is -2.29. The molecule has 2 atom stereocenters. The van der Waals surface area contributed by atoms with Crippen LogP contribution in [0.1, 0.15) is 219 Å². The number of carbonyl (C=O) groups excluding carboxylic acids is 2. The minimum atomic E-state index is -4.37. The molecule has 0 rings (SSSR count). The number of ether oxygens (including phenoxy) is 2. The lowest BCUT2D eigenvalue weighted by Crippen LogP contribution is -2.29. The molecule has 0 bridgehead atoms. The summed E-state index contributed by atoms with van der Waals surface area (Å²) in [6, 6.07) is 0. The second kappa shape index (κ2) is 47.2. The molecule has 0 aromatic rings. The first-order valence-electron chi connectivity index (χ1n) is 24.8. The van der Waals surface area contributed by atoms with Gasteiger partial charge in [0.15, 0.2) is 6.10 Å². The molecular weight excluding hydrogens is 786 g/mol. The van der Waals surface area contributed by atoms with Gasteiger partial charge in [-0.2, -0.15) is 0 Å². The summed E-state index contributed by atoms with van der Waals surface area (Å²) in [5.41, 5.74) is 5.35. The van der Waals surface area contributed by atoms with Crippen LogP contribution in [0.3, 0.4) is 0 Å². The van der Waals surface area contributed by atoms with E-state index in [1.165, 1.54) is 116 Å². The summed E-state index contributed by atoms with van der Waals surface area (Å²) in [5, 5.41) is 0. The van der Waals surface area contributed by atoms with E-state index in [0.717, 1.165) is 70.6 Å². The lowest BCUT2D eigenvalue weighted by atomic mass is 10.0. The third-order valence-corrected chi connectivity index (χ3v) is 11.4. The van der Waals surface area contributed by atoms with Crippen LogP contribution in [0.2, 0.25) is 0 Å². The van der Waals surface area contributed by atoms with Gasteiger partial charge in [0.1, 0.15) is 6.61 Å². The molecule has 0 fully saturated rings. The van der Waals surface area contributed by atoms with Crippen LogP contribution in [-0.4, -0.2) is 49.3 Å². The van der Waals surface area contributed by atoms with E-state index >= 15 is 0 Å². The lowest BCUT2D eigenvalue weighted by Gasteiger charge is -2.19. The molecule has 0 saturated heterocycles. The van der Waals surface area contributed by atoms with Gasteiger partial charge in [-0.3, -0.25) is 18.6 Å². The molecule has 3 N–H and O–H groups in total. The van der Waals surface area contributed by atoms with Gasteiger partial charge in [-0.15, -0.1) is 0 Å². The van der Waals surface area contributed by atoms with Crippen LogP contribution in [0, 0.1) is 0 Å². The maximum atomic E-state index is 12.6. The van der Waals surface area contributed by atoms with Crippen molar-refractivity contribution in [3.8, 4) is 0 Å². The Bertz CT molecular complexity index is 1180. The Morgan fingerprint density at radius 2 is 0.902 bits per heavy atom. The van der Waals surface area contributed by atoms with Gasteiger partial charge in [-0.25, -0.2) is 4.57 Å². The minimum absolute atomic E-state index is 0.0534. The molecule has 10 heteroatoms. The Kier molecular flexibility index (Phi) is 45.4. The van der Waals surface area contributed by atoms with E-state index in [4.69, 9.17) is 24.3 Å². The quantitative estimate of drug-likeness (QED) is 0.0265. The molecule has 0 spiro atoms. The average Bonchev–Trinajstić information content (AvgIpc) is 3.25. The molecule has 0 aromatic carbocycles. The van der Waals surface area contributed by atoms with Gasteiger partial charge in [0, 0.05) is 19.4 Å². The predicted octanol–water partition coefficient (Wildman–Crippen LogP) is 14.8. The molecule has 2 unspecified atom stereocenters. The first-order valence-corrected chi connectivity index (χ1v) is 26.3. The van der Waals surface area contributed by atoms with E-state index in [2.05, 4.69) is 74.6 Å². The molecule has 354 valence electrons. The van der Waals surface area contributed by atoms with Crippen molar-refractivity contribution in [3.05, 3.63) is 60.8 Å². The van der Waals surface area contributed by atoms with Crippen LogP contribution in [0.5, 0.6) is 0 Å². The van der Waals surface area contributed by atoms with Crippen molar-refractivity contribution in [1.82, 2.24) is 0 Å². The van der Waals surface area contributed by atoms with E-state index in [1.807, 2.05) is 0 Å². The zero-order valence-corrected chi connectivity index (χ0v) is 40.0. The van der Waals surface area contributed by atoms with E-state index in [-0.39, 0.29) is 38.6 Å². The van der Waals surface area contributed by atoms with Gasteiger partial charge in [-0.1, -0.05) is 209 Å². The van der Waals surface area contributed by atoms with Gasteiger partial charge in [0.2, 0.25) is 0 Å². The zero-order chi connectivity index (χ0) is 44.6. The van der Waals surface area contributed by atoms with Crippen molar-refractivity contribution in [2.24, 2.45) is 5.73 Å². The summed E-state index contributed by atoms with van der Waals surface area (Å²) in [6.45, 7) is 3.60. The number of hydrogen-bond acceptors (Lipinski definition) is 8. The molecule has 0 aliphatic carbocycles. The topological polar surface area (TPSA) is 134 Å². The van der Waals surface area contributed by atoms with Crippen LogP contribution >= 0.6 is 7.82 Å². The fourth-order valence-corrected chi connectivity index (χ4v) is 7.55. The summed E-state index contributed by atoms with van der Waals surface area (Å²) in [7, 11) is -4.37. The molecule has 0 aromatic heterocycles. The van der Waals surface area contributed by atoms with Crippen LogP contribution in [-0.2, 0) is 32.7 Å². The summed E-state index contributed by atoms with van der Waals surface area (Å²) < 4.78 is 32.8. The van der Waals surface area contributed by atoms with Crippen molar-refractivity contribution >= 4 is 19.8 Å². The first-order chi connectivity index (χ1) is 29.8. The number of phosphoric acid groups is 1. The van der Waals surface area contributed by atoms with E-state index in [9.17, 15) is 19.0 Å². The fourth-order valence-electron chi connectivity index (χ4n) is 6.78. The zero-order valence-electron chi connectivity index (χ0n) is 39.1. The second-order valence-corrected chi connectivity index (χ2v) is 17.8. The molecule has 61 heavy (non-hydrogen) atoms. The third kappa shape index (κ3) is 47.0. The highest BCUT2D eigenvalue weighted by atomic mass is 31.2. The highest BCUT2D eigenvalue weighted by Crippen LogP contribution is 2.43. The van der Waals surface area contributed by atoms with Gasteiger partial charge in [0.05, 0.1) is 13.2 Å². The van der Waals surface area contributed by atoms with E-state index in [1.54, 1.807) is 0 Å². The average molecular weight is 878 g/mol. The maximum Gasteiger partial charge on any atom is 0.472 e. The van der Waals surface area contributed by atoms with Crippen molar-refractivity contribution in [3.63, 3.8) is 0 Å². The summed E-state index contributed by atoms with van der Waals surface area (Å²) in [5.74, 6) is -0.828. The molecule has 0 aliphatic rings. The summed E-state index contributed by atoms with van der Waals surface area (Å²) >= 11 is 0. The predicted molar refractivity (Wildman–Crippen MR) is 256 cm³/mol. The number of rotatable bonds is 46. The van der Waals surface area contributed by atoms with Crippen LogP contribution in [0.4, 0.5) is 0 Å². The molecule has 0 radical (unpaired) electrons. The first kappa shape index (κ1) is 58.7. The molecule has 0 saturated carbocycles. The fraction of sp³-hybridized carbons (Fsp3) is 0.765. The van der Waals surface area contributed by atoms with E-state index in [0.29, 0.717) is 6.42 Å². The van der Waals surface area contributed by atoms with Gasteiger partial charge in [-0.05, 0) is 57.8 Å². The molecule has 0 aliphatic heterocycles. The summed E-state index contributed by atoms with van der Waals surface area (Å²) in [6.07, 6.45) is 57.1. The van der Waals surface area contributed by atoms with Crippen LogP contribution in [0.25, 0.3) is 0 Å². The standard InChI is InChI=1S/C51H92NO8P/c1-3-5-7-9-11-13-14-15-16-17-18-19-20-21-22-23-24-25-26-27-28-29-30-31-32-33-34-36-38-40-42-44-51(54)60-49(48-59-61(55,56)58-46-45-52)47-57-50(53)43-41-39-37-35-12-10-8-6-4-2/h5,7,11,13,15-16,18-19,21-22,49H,3-4,6,8-10,12,14,17,20,23-48,52H2,1-2H3,(H,55,56)/b7-5-,13-11-,16-15-,19-18-,22-21-. The number of nitrogens with two attached hydrogens (primary N) is 1. The molecule has 0 amide bonds. The van der Waals surface area contributed by atoms with Crippen molar-refractivity contribution < 1.29 is 37.6 Å². The number of allylic oxidation sites excluding steroid dienone is 10. The molecule has 9 nitrogen and oxygen atoms in total. The molecule has 0 heterocycles. The largest absolute Gasteiger partial charge is 0.472 e. The number of unbranched alkanes of at least 4 members (excludes halogenated alkanes) is 23. The van der Waals surface area contributed by atoms with Gasteiger partial charge < -0.3 is 20.1 Å². The van der Waals surface area contributed by atoms with Gasteiger partial charge in [0.25, 0.3) is 0 Å². The Labute approximate surface area is 374 Å². The number of phosphoric ester groups is 1. The van der Waals surface area contributed by atoms with Crippen molar-refractivity contribution in [2.45, 2.75) is 225 Å². The van der Waals surface area contributed by atoms with Gasteiger partial charge >= 0.3 is 19.8 Å². The molecular formula is C51H92NO8P. The van der Waals surface area contributed by atoms with Crippen molar-refractivity contribution in [1.29, 1.82) is 0 Å². The minimum Gasteiger partial charge on any atom is -0.462 e. The highest BCUT2D eigenvalue weighted by Gasteiger charge is 2.26. The second-order valence-electron chi connectivity index (χ2n) is 16.3. The third-order valence-electron chi connectivity index (χ3n) is 10.4. The normalized spacial score (nSPS) is 13.7. The van der Waals surface area contributed by atoms with Crippen molar-refractivity contribution in [2.75, 3.05) is 26.4 Å². The van der Waals surface area contributed by atoms with Crippen LogP contribution in [0.15, 0.2) is 60.8 Å². The number of carbonyl (C=O) groups is 2. The highest BCUT2D eigenvalue weighted by molar-refractivity contribution is 7.47. The Morgan fingerprint density at radius 1 is 0.508 bits per heavy atom. The lowest BCUT2D eigenvalue weighted by molar-refractivity contribution is -0.161. The number of esters is 2. The smallest absolute Gasteiger partial charge is 0.462 e. The number of hydrogen-bond donors (Lipinski definition) is 2. The Balaban J connectivity index is 3.89. The monoisotopic (exact) mass is 878 g/mol.